The first-order valence-electron chi connectivity index (χ1n) is 19.9. The van der Waals surface area contributed by atoms with E-state index in [1.807, 2.05) is 0 Å². The highest BCUT2D eigenvalue weighted by atomic mass is 16.3. The van der Waals surface area contributed by atoms with Crippen molar-refractivity contribution in [2.45, 2.75) is 0 Å². The van der Waals surface area contributed by atoms with E-state index < -0.39 is 0 Å². The monoisotopic (exact) mass is 736 g/mol. The van der Waals surface area contributed by atoms with E-state index in [1.54, 1.807) is 0 Å². The molecule has 0 spiro atoms. The molecule has 58 heavy (non-hydrogen) atoms. The van der Waals surface area contributed by atoms with E-state index in [-0.39, 0.29) is 0 Å². The Morgan fingerprint density at radius 2 is 0.776 bits per heavy atom. The van der Waals surface area contributed by atoms with Crippen molar-refractivity contribution in [1.82, 2.24) is 0 Å². The average Bonchev–Trinajstić information content (AvgIpc) is 3.87. The first-order chi connectivity index (χ1) is 28.8. The van der Waals surface area contributed by atoms with E-state index in [0.717, 1.165) is 44.2 Å². The van der Waals surface area contributed by atoms with Crippen LogP contribution < -0.4 is 0 Å². The Hall–Kier alpha value is -7.68. The zero-order valence-electron chi connectivity index (χ0n) is 31.3. The SMILES string of the molecule is c1ccc(-c2cc(-c3c4ccccc4c(-c4ccc(-c5ccc6oc7cccc8ccc5c6c87)c5ccccc45)c4ccccc34)c3c(c2)oc2ccccc23)cc1. The minimum Gasteiger partial charge on any atom is -0.456 e. The molecule has 2 aromatic heterocycles. The minimum atomic E-state index is 0.892. The molecule has 0 saturated carbocycles. The molecular formula is C56H32O2. The number of benzene rings is 11. The summed E-state index contributed by atoms with van der Waals surface area (Å²) < 4.78 is 13.0. The second-order valence-corrected chi connectivity index (χ2v) is 15.5. The van der Waals surface area contributed by atoms with E-state index in [0.29, 0.717) is 0 Å². The first kappa shape index (κ1) is 31.5. The van der Waals surface area contributed by atoms with Crippen LogP contribution >= 0.6 is 0 Å². The van der Waals surface area contributed by atoms with Gasteiger partial charge in [-0.1, -0.05) is 164 Å². The standard InChI is InChI=1S/C56H32O2/c1-2-13-33(14-3-1)35-31-47(55-46-22-10-11-23-48(46)57-51(55)32-35)54-42-20-8-6-18-40(42)53(41-19-7-9-21-43(41)54)44-28-27-38(36-16-4-5-17-37(36)44)39-29-30-50-56-45(39)26-25-34-15-12-24-49(58-50)52(34)56/h1-32H. The Kier molecular flexibility index (Phi) is 6.47. The predicted octanol–water partition coefficient (Wildman–Crippen LogP) is 16.2. The smallest absolute Gasteiger partial charge is 0.136 e. The molecule has 0 atom stereocenters. The molecule has 13 aromatic rings. The van der Waals surface area contributed by atoms with Crippen LogP contribution in [0.1, 0.15) is 0 Å². The van der Waals surface area contributed by atoms with Gasteiger partial charge in [0.25, 0.3) is 0 Å². The molecule has 0 fully saturated rings. The summed E-state index contributed by atoms with van der Waals surface area (Å²) in [6.45, 7) is 0. The number of furan rings is 2. The number of rotatable bonds is 4. The summed E-state index contributed by atoms with van der Waals surface area (Å²) in [5.74, 6) is 0. The van der Waals surface area contributed by atoms with Gasteiger partial charge in [-0.3, -0.25) is 0 Å². The van der Waals surface area contributed by atoms with Gasteiger partial charge in [-0.2, -0.15) is 0 Å². The molecule has 2 nitrogen and oxygen atoms in total. The molecule has 13 rings (SSSR count). The summed E-state index contributed by atoms with van der Waals surface area (Å²) in [4.78, 5) is 0. The first-order valence-corrected chi connectivity index (χ1v) is 19.9. The lowest BCUT2D eigenvalue weighted by Gasteiger charge is -2.20. The molecule has 0 bridgehead atoms. The van der Waals surface area contributed by atoms with Crippen molar-refractivity contribution in [2.75, 3.05) is 0 Å². The zero-order valence-corrected chi connectivity index (χ0v) is 31.3. The molecule has 0 N–H and O–H groups in total. The van der Waals surface area contributed by atoms with Gasteiger partial charge in [0.05, 0.1) is 0 Å². The number of fused-ring (bicyclic) bond motifs is 6. The molecule has 2 heteroatoms. The third kappa shape index (κ3) is 4.37. The molecule has 0 amide bonds. The average molecular weight is 737 g/mol. The molecule has 0 aliphatic heterocycles. The van der Waals surface area contributed by atoms with Crippen molar-refractivity contribution in [3.63, 3.8) is 0 Å². The third-order valence-corrected chi connectivity index (χ3v) is 12.4. The van der Waals surface area contributed by atoms with Gasteiger partial charge in [-0.15, -0.1) is 0 Å². The Labute approximate surface area is 333 Å². The topological polar surface area (TPSA) is 26.3 Å². The quantitative estimate of drug-likeness (QED) is 0.133. The largest absolute Gasteiger partial charge is 0.456 e. The van der Waals surface area contributed by atoms with E-state index >= 15 is 0 Å². The highest BCUT2D eigenvalue weighted by Gasteiger charge is 2.23. The van der Waals surface area contributed by atoms with Crippen LogP contribution in [0, 0.1) is 0 Å². The second kappa shape index (κ2) is 11.9. The summed E-state index contributed by atoms with van der Waals surface area (Å²) in [5.41, 5.74) is 13.2. The summed E-state index contributed by atoms with van der Waals surface area (Å²) in [6.07, 6.45) is 0. The summed E-state index contributed by atoms with van der Waals surface area (Å²) in [7, 11) is 0. The molecule has 11 aromatic carbocycles. The maximum absolute atomic E-state index is 6.64. The van der Waals surface area contributed by atoms with Crippen LogP contribution in [0.15, 0.2) is 203 Å². The zero-order chi connectivity index (χ0) is 37.9. The number of hydrogen-bond acceptors (Lipinski definition) is 2. The fourth-order valence-electron chi connectivity index (χ4n) is 9.99. The normalized spacial score (nSPS) is 12.1. The molecule has 2 heterocycles. The van der Waals surface area contributed by atoms with Crippen LogP contribution in [0.3, 0.4) is 0 Å². The fraction of sp³-hybridized carbons (Fsp3) is 0. The molecule has 0 aliphatic carbocycles. The van der Waals surface area contributed by atoms with Crippen LogP contribution in [-0.4, -0.2) is 0 Å². The van der Waals surface area contributed by atoms with Gasteiger partial charge in [0.1, 0.15) is 22.3 Å². The van der Waals surface area contributed by atoms with E-state index in [1.165, 1.54) is 87.2 Å². The van der Waals surface area contributed by atoms with Crippen LogP contribution in [0.4, 0.5) is 0 Å². The lowest BCUT2D eigenvalue weighted by atomic mass is 9.82. The van der Waals surface area contributed by atoms with Crippen molar-refractivity contribution >= 4 is 87.0 Å². The highest BCUT2D eigenvalue weighted by molar-refractivity contribution is 6.29. The molecule has 0 saturated heterocycles. The van der Waals surface area contributed by atoms with E-state index in [9.17, 15) is 0 Å². The van der Waals surface area contributed by atoms with Crippen molar-refractivity contribution in [3.8, 4) is 44.5 Å². The van der Waals surface area contributed by atoms with E-state index in [4.69, 9.17) is 8.83 Å². The van der Waals surface area contributed by atoms with E-state index in [2.05, 4.69) is 194 Å². The number of hydrogen-bond donors (Lipinski definition) is 0. The number of para-hydroxylation sites is 1. The van der Waals surface area contributed by atoms with Crippen LogP contribution in [0.25, 0.3) is 131 Å². The maximum Gasteiger partial charge on any atom is 0.136 e. The molecule has 0 aliphatic rings. The Morgan fingerprint density at radius 1 is 0.241 bits per heavy atom. The minimum absolute atomic E-state index is 0.892. The summed E-state index contributed by atoms with van der Waals surface area (Å²) in [6, 6.07) is 70.4. The van der Waals surface area contributed by atoms with Crippen molar-refractivity contribution in [1.29, 1.82) is 0 Å². The van der Waals surface area contributed by atoms with Gasteiger partial charge in [0.2, 0.25) is 0 Å². The Bertz CT molecular complexity index is 3730. The van der Waals surface area contributed by atoms with Gasteiger partial charge in [-0.05, 0) is 118 Å². The molecule has 0 radical (unpaired) electrons. The molecule has 268 valence electrons. The van der Waals surface area contributed by atoms with Gasteiger partial charge in [0, 0.05) is 21.5 Å². The highest BCUT2D eigenvalue weighted by Crippen LogP contribution is 2.50. The summed E-state index contributed by atoms with van der Waals surface area (Å²) >= 11 is 0. The third-order valence-electron chi connectivity index (χ3n) is 12.4. The van der Waals surface area contributed by atoms with Gasteiger partial charge in [-0.25, -0.2) is 0 Å². The molecular weight excluding hydrogens is 705 g/mol. The second-order valence-electron chi connectivity index (χ2n) is 15.5. The van der Waals surface area contributed by atoms with Gasteiger partial charge < -0.3 is 8.83 Å². The maximum atomic E-state index is 6.64. The van der Waals surface area contributed by atoms with Gasteiger partial charge in [0.15, 0.2) is 0 Å². The Balaban J connectivity index is 1.11. The van der Waals surface area contributed by atoms with Crippen molar-refractivity contribution in [2.24, 2.45) is 0 Å². The molecule has 0 unspecified atom stereocenters. The van der Waals surface area contributed by atoms with Crippen molar-refractivity contribution < 1.29 is 8.83 Å². The van der Waals surface area contributed by atoms with Crippen LogP contribution in [0.2, 0.25) is 0 Å². The fourth-order valence-corrected chi connectivity index (χ4v) is 9.99. The van der Waals surface area contributed by atoms with Crippen LogP contribution in [0.5, 0.6) is 0 Å². The summed E-state index contributed by atoms with van der Waals surface area (Å²) in [5, 5.41) is 14.4. The van der Waals surface area contributed by atoms with Crippen LogP contribution in [-0.2, 0) is 0 Å². The lowest BCUT2D eigenvalue weighted by molar-refractivity contribution is 0.669. The Morgan fingerprint density at radius 3 is 1.52 bits per heavy atom. The lowest BCUT2D eigenvalue weighted by Crippen LogP contribution is -1.93. The van der Waals surface area contributed by atoms with Crippen molar-refractivity contribution in [3.05, 3.63) is 194 Å². The predicted molar refractivity (Wildman–Crippen MR) is 244 cm³/mol. The van der Waals surface area contributed by atoms with Gasteiger partial charge >= 0.3 is 0 Å².